The Labute approximate surface area is 104 Å². The van der Waals surface area contributed by atoms with Gasteiger partial charge in [-0.05, 0) is 63.0 Å². The zero-order valence-corrected chi connectivity index (χ0v) is 10.7. The Morgan fingerprint density at radius 3 is 2.47 bits per heavy atom. The minimum Gasteiger partial charge on any atom is -0.207 e. The molecule has 2 unspecified atom stereocenters. The second-order valence-corrected chi connectivity index (χ2v) is 5.28. The lowest BCUT2D eigenvalue weighted by Gasteiger charge is -2.20. The van der Waals surface area contributed by atoms with E-state index < -0.39 is 0 Å². The molecule has 0 saturated heterocycles. The predicted molar refractivity (Wildman–Crippen MR) is 71.3 cm³/mol. The highest BCUT2D eigenvalue weighted by molar-refractivity contribution is 5.27. The van der Waals surface area contributed by atoms with E-state index in [1.54, 1.807) is 0 Å². The van der Waals surface area contributed by atoms with Gasteiger partial charge in [-0.2, -0.15) is 0 Å². The Bertz CT molecular complexity index is 396. The maximum absolute atomic E-state index is 13.4. The normalized spacial score (nSPS) is 28.5. The molecule has 0 bridgehead atoms. The van der Waals surface area contributed by atoms with Crippen LogP contribution in [0.2, 0.25) is 0 Å². The van der Waals surface area contributed by atoms with Crippen LogP contribution >= 0.6 is 0 Å². The van der Waals surface area contributed by atoms with E-state index in [9.17, 15) is 4.39 Å². The van der Waals surface area contributed by atoms with Crippen LogP contribution in [0, 0.1) is 11.8 Å². The van der Waals surface area contributed by atoms with Crippen LogP contribution in [-0.4, -0.2) is 0 Å². The molecule has 2 aliphatic carbocycles. The Kier molecular flexibility index (Phi) is 3.98. The van der Waals surface area contributed by atoms with Gasteiger partial charge >= 0.3 is 0 Å². The van der Waals surface area contributed by atoms with Gasteiger partial charge in [0.1, 0.15) is 5.83 Å². The number of hydrogen-bond donors (Lipinski definition) is 0. The highest BCUT2D eigenvalue weighted by Crippen LogP contribution is 2.29. The maximum Gasteiger partial charge on any atom is 0.122 e. The van der Waals surface area contributed by atoms with Crippen LogP contribution in [0.4, 0.5) is 4.39 Å². The third-order valence-electron chi connectivity index (χ3n) is 3.77. The number of rotatable bonds is 3. The Balaban J connectivity index is 1.79. The molecule has 17 heavy (non-hydrogen) atoms. The zero-order valence-electron chi connectivity index (χ0n) is 10.7. The van der Waals surface area contributed by atoms with Crippen molar-refractivity contribution in [1.29, 1.82) is 0 Å². The monoisotopic (exact) mass is 232 g/mol. The average Bonchev–Trinajstić information content (AvgIpc) is 2.33. The SMILES string of the molecule is CC1=CCC(CCC2C=C(F)C(C)=CC2)C=C1. The summed E-state index contributed by atoms with van der Waals surface area (Å²) in [6.45, 7) is 3.99. The number of hydrogen-bond acceptors (Lipinski definition) is 0. The van der Waals surface area contributed by atoms with Crippen LogP contribution in [0.3, 0.4) is 0 Å². The highest BCUT2D eigenvalue weighted by atomic mass is 19.1. The van der Waals surface area contributed by atoms with Gasteiger partial charge < -0.3 is 0 Å². The maximum atomic E-state index is 13.4. The molecule has 0 aliphatic heterocycles. The first kappa shape index (κ1) is 12.3. The third-order valence-corrected chi connectivity index (χ3v) is 3.77. The lowest BCUT2D eigenvalue weighted by Crippen LogP contribution is -2.06. The molecule has 92 valence electrons. The minimum absolute atomic E-state index is 0.0174. The summed E-state index contributed by atoms with van der Waals surface area (Å²) in [5, 5.41) is 0. The van der Waals surface area contributed by atoms with E-state index in [0.29, 0.717) is 11.8 Å². The van der Waals surface area contributed by atoms with E-state index in [1.807, 2.05) is 19.1 Å². The third kappa shape index (κ3) is 3.42. The lowest BCUT2D eigenvalue weighted by molar-refractivity contribution is 0.473. The highest BCUT2D eigenvalue weighted by Gasteiger charge is 2.15. The molecule has 2 atom stereocenters. The Morgan fingerprint density at radius 2 is 1.82 bits per heavy atom. The summed E-state index contributed by atoms with van der Waals surface area (Å²) >= 11 is 0. The van der Waals surface area contributed by atoms with Gasteiger partial charge in [-0.15, -0.1) is 0 Å². The smallest absolute Gasteiger partial charge is 0.122 e. The molecule has 0 aromatic carbocycles. The molecular weight excluding hydrogens is 211 g/mol. The van der Waals surface area contributed by atoms with E-state index in [2.05, 4.69) is 25.2 Å². The summed E-state index contributed by atoms with van der Waals surface area (Å²) in [6.07, 6.45) is 15.1. The van der Waals surface area contributed by atoms with Crippen LogP contribution in [-0.2, 0) is 0 Å². The van der Waals surface area contributed by atoms with Crippen LogP contribution in [0.5, 0.6) is 0 Å². The topological polar surface area (TPSA) is 0 Å². The van der Waals surface area contributed by atoms with Gasteiger partial charge in [0, 0.05) is 0 Å². The van der Waals surface area contributed by atoms with E-state index in [-0.39, 0.29) is 5.83 Å². The first-order chi connectivity index (χ1) is 8.15. The molecule has 2 aliphatic rings. The van der Waals surface area contributed by atoms with Gasteiger partial charge in [0.2, 0.25) is 0 Å². The van der Waals surface area contributed by atoms with Gasteiger partial charge in [0.25, 0.3) is 0 Å². The largest absolute Gasteiger partial charge is 0.207 e. The van der Waals surface area contributed by atoms with Crippen LogP contribution < -0.4 is 0 Å². The zero-order chi connectivity index (χ0) is 12.3. The molecule has 0 aromatic rings. The summed E-state index contributed by atoms with van der Waals surface area (Å²) in [5.41, 5.74) is 2.17. The summed E-state index contributed by atoms with van der Waals surface area (Å²) < 4.78 is 13.4. The van der Waals surface area contributed by atoms with E-state index >= 15 is 0 Å². The molecule has 2 rings (SSSR count). The van der Waals surface area contributed by atoms with Crippen LogP contribution in [0.15, 0.2) is 47.4 Å². The van der Waals surface area contributed by atoms with Gasteiger partial charge in [-0.25, -0.2) is 4.39 Å². The summed E-state index contributed by atoms with van der Waals surface area (Å²) in [5.74, 6) is 1.04. The number of allylic oxidation sites excluding steroid dienone is 8. The standard InChI is InChI=1S/C16H21F/c1-12-3-6-14(7-4-12)9-10-15-8-5-13(2)16(17)11-15/h3-6,11,14-15H,7-10H2,1-2H3. The molecule has 0 radical (unpaired) electrons. The molecule has 1 heteroatoms. The summed E-state index contributed by atoms with van der Waals surface area (Å²) in [6, 6.07) is 0. The van der Waals surface area contributed by atoms with E-state index in [1.165, 1.54) is 12.0 Å². The fraction of sp³-hybridized carbons (Fsp3) is 0.500. The van der Waals surface area contributed by atoms with E-state index in [4.69, 9.17) is 0 Å². The summed E-state index contributed by atoms with van der Waals surface area (Å²) in [4.78, 5) is 0. The second-order valence-electron chi connectivity index (χ2n) is 5.28. The van der Waals surface area contributed by atoms with Crippen molar-refractivity contribution in [2.75, 3.05) is 0 Å². The first-order valence-corrected chi connectivity index (χ1v) is 6.54. The van der Waals surface area contributed by atoms with Crippen molar-refractivity contribution in [2.45, 2.75) is 39.5 Å². The van der Waals surface area contributed by atoms with Crippen LogP contribution in [0.1, 0.15) is 39.5 Å². The number of halogens is 1. The molecule has 0 fully saturated rings. The fourth-order valence-electron chi connectivity index (χ4n) is 2.45. The van der Waals surface area contributed by atoms with Crippen molar-refractivity contribution >= 4 is 0 Å². The second kappa shape index (κ2) is 5.48. The molecule has 0 N–H and O–H groups in total. The first-order valence-electron chi connectivity index (χ1n) is 6.54. The van der Waals surface area contributed by atoms with Crippen molar-refractivity contribution < 1.29 is 4.39 Å². The fourth-order valence-corrected chi connectivity index (χ4v) is 2.45. The lowest BCUT2D eigenvalue weighted by atomic mass is 9.86. The van der Waals surface area contributed by atoms with Crippen LogP contribution in [0.25, 0.3) is 0 Å². The molecule has 0 amide bonds. The van der Waals surface area contributed by atoms with Gasteiger partial charge in [-0.3, -0.25) is 0 Å². The molecule has 0 saturated carbocycles. The molecular formula is C16H21F. The minimum atomic E-state index is -0.0174. The molecule has 0 aromatic heterocycles. The molecule has 0 spiro atoms. The van der Waals surface area contributed by atoms with Crippen molar-refractivity contribution in [2.24, 2.45) is 11.8 Å². The van der Waals surface area contributed by atoms with Crippen molar-refractivity contribution in [3.05, 3.63) is 47.4 Å². The Morgan fingerprint density at radius 1 is 1.12 bits per heavy atom. The van der Waals surface area contributed by atoms with Gasteiger partial charge in [0.15, 0.2) is 0 Å². The summed E-state index contributed by atoms with van der Waals surface area (Å²) in [7, 11) is 0. The van der Waals surface area contributed by atoms with Crippen molar-refractivity contribution in [3.8, 4) is 0 Å². The van der Waals surface area contributed by atoms with E-state index in [0.717, 1.165) is 24.8 Å². The molecule has 0 heterocycles. The predicted octanol–water partition coefficient (Wildman–Crippen LogP) is 5.11. The average molecular weight is 232 g/mol. The van der Waals surface area contributed by atoms with Crippen molar-refractivity contribution in [3.63, 3.8) is 0 Å². The molecule has 0 nitrogen and oxygen atoms in total. The van der Waals surface area contributed by atoms with Gasteiger partial charge in [-0.1, -0.05) is 29.9 Å². The van der Waals surface area contributed by atoms with Gasteiger partial charge in [0.05, 0.1) is 0 Å². The van der Waals surface area contributed by atoms with Crippen molar-refractivity contribution in [1.82, 2.24) is 0 Å². The quantitative estimate of drug-likeness (QED) is 0.634. The Hall–Kier alpha value is -1.11.